The first-order valence-corrected chi connectivity index (χ1v) is 10.0. The van der Waals surface area contributed by atoms with Crippen molar-refractivity contribution in [3.8, 4) is 22.7 Å². The van der Waals surface area contributed by atoms with Crippen LogP contribution < -0.4 is 10.5 Å². The van der Waals surface area contributed by atoms with Crippen LogP contribution in [0.2, 0.25) is 0 Å². The molecule has 3 aromatic heterocycles. The Kier molecular flexibility index (Phi) is 5.20. The van der Waals surface area contributed by atoms with Crippen LogP contribution in [0, 0.1) is 5.82 Å². The van der Waals surface area contributed by atoms with E-state index in [0.717, 1.165) is 17.3 Å². The van der Waals surface area contributed by atoms with Gasteiger partial charge in [-0.15, -0.1) is 10.2 Å². The highest BCUT2D eigenvalue weighted by Gasteiger charge is 2.25. The highest BCUT2D eigenvalue weighted by Crippen LogP contribution is 2.28. The molecule has 4 aromatic rings. The van der Waals surface area contributed by atoms with Crippen molar-refractivity contribution < 1.29 is 13.5 Å². The summed E-state index contributed by atoms with van der Waals surface area (Å²) in [5, 5.41) is 7.60. The summed E-state index contributed by atoms with van der Waals surface area (Å²) in [5.41, 5.74) is 2.03. The Labute approximate surface area is 182 Å². The van der Waals surface area contributed by atoms with E-state index in [9.17, 15) is 9.18 Å². The second-order valence-corrected chi connectivity index (χ2v) is 7.37. The minimum absolute atomic E-state index is 0.223. The highest BCUT2D eigenvalue weighted by molar-refractivity contribution is 5.60. The number of hydrogen-bond acceptors (Lipinski definition) is 8. The van der Waals surface area contributed by atoms with Crippen LogP contribution in [0.5, 0.6) is 0 Å². The fourth-order valence-electron chi connectivity index (χ4n) is 3.70. The maximum atomic E-state index is 14.2. The predicted molar refractivity (Wildman–Crippen MR) is 113 cm³/mol. The molecule has 1 atom stereocenters. The third kappa shape index (κ3) is 3.76. The van der Waals surface area contributed by atoms with E-state index in [1.54, 1.807) is 7.05 Å². The molecule has 4 heterocycles. The van der Waals surface area contributed by atoms with Crippen LogP contribution in [0.3, 0.4) is 0 Å². The van der Waals surface area contributed by atoms with Crippen LogP contribution in [0.1, 0.15) is 11.7 Å². The smallest absolute Gasteiger partial charge is 0.255 e. The third-order valence-corrected chi connectivity index (χ3v) is 5.40. The molecule has 0 saturated carbocycles. The van der Waals surface area contributed by atoms with Crippen LogP contribution in [0.25, 0.3) is 22.7 Å². The Hall–Kier alpha value is -3.92. The molecular weight excluding hydrogens is 415 g/mol. The molecule has 0 spiro atoms. The molecule has 10 heteroatoms. The fourth-order valence-corrected chi connectivity index (χ4v) is 3.70. The second kappa shape index (κ2) is 8.31. The number of benzene rings is 1. The Morgan fingerprint density at radius 2 is 2.03 bits per heavy atom. The molecule has 9 nitrogen and oxygen atoms in total. The molecule has 1 fully saturated rings. The van der Waals surface area contributed by atoms with E-state index in [0.29, 0.717) is 31.5 Å². The predicted octanol–water partition coefficient (Wildman–Crippen LogP) is 2.61. The summed E-state index contributed by atoms with van der Waals surface area (Å²) in [6, 6.07) is 10.5. The largest absolute Gasteiger partial charge is 0.423 e. The van der Waals surface area contributed by atoms with Crippen molar-refractivity contribution >= 4 is 5.95 Å². The first-order valence-electron chi connectivity index (χ1n) is 10.0. The molecule has 5 rings (SSSR count). The average Bonchev–Trinajstić information content (AvgIpc) is 3.36. The van der Waals surface area contributed by atoms with Crippen molar-refractivity contribution in [1.82, 2.24) is 24.7 Å². The third-order valence-electron chi connectivity index (χ3n) is 5.40. The number of pyridine rings is 1. The lowest BCUT2D eigenvalue weighted by Gasteiger charge is -2.34. The van der Waals surface area contributed by atoms with Crippen LogP contribution in [0.15, 0.2) is 64.4 Å². The van der Waals surface area contributed by atoms with E-state index in [2.05, 4.69) is 20.2 Å². The van der Waals surface area contributed by atoms with Crippen LogP contribution in [-0.4, -0.2) is 44.4 Å². The number of anilines is 1. The number of rotatable bonds is 4. The minimum Gasteiger partial charge on any atom is -0.423 e. The quantitative estimate of drug-likeness (QED) is 0.483. The summed E-state index contributed by atoms with van der Waals surface area (Å²) in [4.78, 5) is 22.9. The lowest BCUT2D eigenvalue weighted by Crippen LogP contribution is -2.41. The Bertz CT molecular complexity index is 1290. The number of aromatic nitrogens is 5. The molecule has 0 N–H and O–H groups in total. The van der Waals surface area contributed by atoms with Gasteiger partial charge in [-0.1, -0.05) is 12.1 Å². The maximum absolute atomic E-state index is 14.2. The van der Waals surface area contributed by atoms with E-state index >= 15 is 0 Å². The Balaban J connectivity index is 1.43. The van der Waals surface area contributed by atoms with Gasteiger partial charge >= 0.3 is 0 Å². The van der Waals surface area contributed by atoms with Crippen LogP contribution in [0.4, 0.5) is 10.3 Å². The van der Waals surface area contributed by atoms with Gasteiger partial charge in [-0.2, -0.15) is 0 Å². The Morgan fingerprint density at radius 3 is 2.78 bits per heavy atom. The van der Waals surface area contributed by atoms with Gasteiger partial charge in [-0.25, -0.2) is 9.37 Å². The van der Waals surface area contributed by atoms with Gasteiger partial charge in [0.25, 0.3) is 5.56 Å². The minimum atomic E-state index is -0.527. The normalized spacial score (nSPS) is 16.3. The van der Waals surface area contributed by atoms with Crippen molar-refractivity contribution in [2.45, 2.75) is 6.10 Å². The Morgan fingerprint density at radius 1 is 1.19 bits per heavy atom. The van der Waals surface area contributed by atoms with Gasteiger partial charge in [-0.05, 0) is 23.8 Å². The number of morpholine rings is 1. The van der Waals surface area contributed by atoms with E-state index in [1.165, 1.54) is 29.3 Å². The summed E-state index contributed by atoms with van der Waals surface area (Å²) in [5.74, 6) is 0.377. The zero-order valence-electron chi connectivity index (χ0n) is 17.2. The monoisotopic (exact) mass is 434 g/mol. The lowest BCUT2D eigenvalue weighted by molar-refractivity contribution is 0.0390. The first-order chi connectivity index (χ1) is 15.6. The van der Waals surface area contributed by atoms with Gasteiger partial charge < -0.3 is 14.1 Å². The molecule has 0 radical (unpaired) electrons. The molecule has 1 unspecified atom stereocenters. The van der Waals surface area contributed by atoms with Crippen molar-refractivity contribution in [3.05, 3.63) is 76.9 Å². The highest BCUT2D eigenvalue weighted by atomic mass is 19.1. The molecular formula is C22H19FN6O3. The van der Waals surface area contributed by atoms with Crippen LogP contribution >= 0.6 is 0 Å². The van der Waals surface area contributed by atoms with E-state index in [-0.39, 0.29) is 22.9 Å². The zero-order valence-corrected chi connectivity index (χ0v) is 17.2. The van der Waals surface area contributed by atoms with Crippen LogP contribution in [-0.2, 0) is 11.8 Å². The molecule has 1 saturated heterocycles. The zero-order chi connectivity index (χ0) is 22.1. The van der Waals surface area contributed by atoms with Gasteiger partial charge in [0.15, 0.2) is 5.82 Å². The summed E-state index contributed by atoms with van der Waals surface area (Å²) < 4.78 is 26.9. The molecule has 1 aromatic carbocycles. The first kappa shape index (κ1) is 20.0. The second-order valence-electron chi connectivity index (χ2n) is 7.37. The molecule has 32 heavy (non-hydrogen) atoms. The van der Waals surface area contributed by atoms with Gasteiger partial charge in [0.1, 0.15) is 6.10 Å². The van der Waals surface area contributed by atoms with Gasteiger partial charge in [0.05, 0.1) is 25.0 Å². The molecule has 1 aliphatic rings. The molecule has 0 amide bonds. The summed E-state index contributed by atoms with van der Waals surface area (Å²) in [7, 11) is 1.65. The number of nitrogens with zero attached hydrogens (tertiary/aromatic N) is 6. The summed E-state index contributed by atoms with van der Waals surface area (Å²) >= 11 is 0. The van der Waals surface area contributed by atoms with Gasteiger partial charge in [0.2, 0.25) is 18.2 Å². The van der Waals surface area contributed by atoms with E-state index in [1.807, 2.05) is 29.2 Å². The molecule has 0 bridgehead atoms. The average molecular weight is 434 g/mol. The van der Waals surface area contributed by atoms with Gasteiger partial charge in [0, 0.05) is 37.0 Å². The van der Waals surface area contributed by atoms with Crippen molar-refractivity contribution in [2.75, 3.05) is 24.6 Å². The van der Waals surface area contributed by atoms with E-state index < -0.39 is 5.82 Å². The number of ether oxygens (including phenoxy) is 1. The summed E-state index contributed by atoms with van der Waals surface area (Å²) in [6.45, 7) is 1.50. The fraction of sp³-hybridized carbons (Fsp3) is 0.227. The molecule has 162 valence electrons. The van der Waals surface area contributed by atoms with E-state index in [4.69, 9.17) is 9.15 Å². The SMILES string of the molecule is Cn1c(N2CCOC(c3ccc(-c4nnco4)cc3)C2)nc(-c2ccncc2F)cc1=O. The standard InChI is InChI=1S/C22H19FN6O3/c1-28-20(30)10-18(16-6-7-24-11-17(16)23)26-22(28)29-8-9-31-19(12-29)14-2-4-15(5-3-14)21-27-25-13-32-21/h2-7,10-11,13,19H,8-9,12H2,1H3. The topological polar surface area (TPSA) is 99.2 Å². The van der Waals surface area contributed by atoms with Crippen molar-refractivity contribution in [1.29, 1.82) is 0 Å². The molecule has 1 aliphatic heterocycles. The van der Waals surface area contributed by atoms with Crippen molar-refractivity contribution in [3.63, 3.8) is 0 Å². The van der Waals surface area contributed by atoms with Gasteiger partial charge in [-0.3, -0.25) is 14.3 Å². The molecule has 0 aliphatic carbocycles. The van der Waals surface area contributed by atoms with Crippen molar-refractivity contribution in [2.24, 2.45) is 7.05 Å². The number of hydrogen-bond donors (Lipinski definition) is 0. The lowest BCUT2D eigenvalue weighted by atomic mass is 10.1. The maximum Gasteiger partial charge on any atom is 0.255 e. The summed E-state index contributed by atoms with van der Waals surface area (Å²) in [6.07, 6.45) is 3.64. The number of halogens is 1.